The molecule has 1 aliphatic carbocycles. The summed E-state index contributed by atoms with van der Waals surface area (Å²) in [6.07, 6.45) is 6.20. The van der Waals surface area contributed by atoms with E-state index in [1.165, 1.54) is 25.7 Å². The predicted molar refractivity (Wildman–Crippen MR) is 84.8 cm³/mol. The highest BCUT2D eigenvalue weighted by molar-refractivity contribution is 5.89. The second-order valence-corrected chi connectivity index (χ2v) is 8.58. The zero-order chi connectivity index (χ0) is 15.1. The largest absolute Gasteiger partial charge is 0.297 e. The number of Topliss-reactive ketones (excluding diaryl/α,β-unsaturated/α-hetero) is 1. The molecular formula is C18H33NO. The number of ketones is 1. The molecule has 2 nitrogen and oxygen atoms in total. The van der Waals surface area contributed by atoms with Crippen LogP contribution in [-0.2, 0) is 4.79 Å². The maximum absolute atomic E-state index is 13.2. The molecule has 1 saturated heterocycles. The van der Waals surface area contributed by atoms with Gasteiger partial charge in [0.15, 0.2) is 5.78 Å². The van der Waals surface area contributed by atoms with Crippen LogP contribution < -0.4 is 0 Å². The predicted octanol–water partition coefficient (Wildman–Crippen LogP) is 4.28. The first-order chi connectivity index (χ1) is 9.18. The zero-order valence-corrected chi connectivity index (χ0v) is 14.3. The first kappa shape index (κ1) is 16.0. The SMILES string of the molecule is CCC(C)(C)C(=O)[C@@H]1[C@@H]2CCCC[C@@H]2CN1C(C)(C)C. The minimum absolute atomic E-state index is 0.0987. The van der Waals surface area contributed by atoms with E-state index in [0.29, 0.717) is 11.7 Å². The summed E-state index contributed by atoms with van der Waals surface area (Å²) in [6, 6.07) is 0.162. The Balaban J connectivity index is 2.31. The summed E-state index contributed by atoms with van der Waals surface area (Å²) in [5, 5.41) is 0. The highest BCUT2D eigenvalue weighted by Crippen LogP contribution is 2.45. The van der Waals surface area contributed by atoms with E-state index in [2.05, 4.69) is 46.4 Å². The van der Waals surface area contributed by atoms with Crippen LogP contribution in [0.1, 0.15) is 73.6 Å². The fraction of sp³-hybridized carbons (Fsp3) is 0.944. The van der Waals surface area contributed by atoms with Crippen molar-refractivity contribution in [3.8, 4) is 0 Å². The molecule has 2 aliphatic rings. The van der Waals surface area contributed by atoms with Gasteiger partial charge in [-0.25, -0.2) is 0 Å². The van der Waals surface area contributed by atoms with Crippen molar-refractivity contribution in [1.29, 1.82) is 0 Å². The quantitative estimate of drug-likeness (QED) is 0.768. The van der Waals surface area contributed by atoms with E-state index in [-0.39, 0.29) is 17.0 Å². The van der Waals surface area contributed by atoms with E-state index in [9.17, 15) is 4.79 Å². The lowest BCUT2D eigenvalue weighted by atomic mass is 9.72. The molecule has 3 atom stereocenters. The van der Waals surface area contributed by atoms with E-state index >= 15 is 0 Å². The Morgan fingerprint density at radius 3 is 2.25 bits per heavy atom. The molecule has 20 heavy (non-hydrogen) atoms. The second-order valence-electron chi connectivity index (χ2n) is 8.58. The van der Waals surface area contributed by atoms with Crippen molar-refractivity contribution in [1.82, 2.24) is 4.90 Å². The van der Waals surface area contributed by atoms with Crippen molar-refractivity contribution in [2.45, 2.75) is 85.2 Å². The summed E-state index contributed by atoms with van der Waals surface area (Å²) in [5.74, 6) is 1.86. The van der Waals surface area contributed by atoms with E-state index < -0.39 is 0 Å². The summed E-state index contributed by atoms with van der Waals surface area (Å²) in [5.41, 5.74) is -0.0814. The Morgan fingerprint density at radius 1 is 1.10 bits per heavy atom. The van der Waals surface area contributed by atoms with Crippen molar-refractivity contribution in [3.63, 3.8) is 0 Å². The Hall–Kier alpha value is -0.370. The summed E-state index contributed by atoms with van der Waals surface area (Å²) in [4.78, 5) is 15.7. The van der Waals surface area contributed by atoms with Gasteiger partial charge in [0.25, 0.3) is 0 Å². The van der Waals surface area contributed by atoms with Crippen LogP contribution in [0, 0.1) is 17.3 Å². The van der Waals surface area contributed by atoms with Gasteiger partial charge in [-0.05, 0) is 51.9 Å². The number of hydrogen-bond acceptors (Lipinski definition) is 2. The van der Waals surface area contributed by atoms with Gasteiger partial charge in [0, 0.05) is 17.5 Å². The van der Waals surface area contributed by atoms with Gasteiger partial charge >= 0.3 is 0 Å². The Morgan fingerprint density at radius 2 is 1.70 bits per heavy atom. The van der Waals surface area contributed by atoms with Crippen LogP contribution in [0.5, 0.6) is 0 Å². The number of fused-ring (bicyclic) bond motifs is 1. The van der Waals surface area contributed by atoms with Gasteiger partial charge in [0.1, 0.15) is 0 Å². The lowest BCUT2D eigenvalue weighted by Gasteiger charge is -2.40. The maximum Gasteiger partial charge on any atom is 0.155 e. The van der Waals surface area contributed by atoms with E-state index in [4.69, 9.17) is 0 Å². The van der Waals surface area contributed by atoms with Gasteiger partial charge in [0.2, 0.25) is 0 Å². The Labute approximate surface area is 125 Å². The number of nitrogens with zero attached hydrogens (tertiary/aromatic N) is 1. The number of hydrogen-bond donors (Lipinski definition) is 0. The van der Waals surface area contributed by atoms with Crippen LogP contribution in [0.25, 0.3) is 0 Å². The molecule has 0 spiro atoms. The highest BCUT2D eigenvalue weighted by Gasteiger charge is 2.51. The van der Waals surface area contributed by atoms with Gasteiger partial charge in [0.05, 0.1) is 6.04 Å². The molecule has 2 rings (SSSR count). The molecule has 0 unspecified atom stereocenters. The molecule has 2 heteroatoms. The number of carbonyl (C=O) groups is 1. The molecule has 2 fully saturated rings. The normalized spacial score (nSPS) is 32.2. The summed E-state index contributed by atoms with van der Waals surface area (Å²) in [6.45, 7) is 14.3. The van der Waals surface area contributed by atoms with E-state index in [1.54, 1.807) is 0 Å². The number of likely N-dealkylation sites (tertiary alicyclic amines) is 1. The third-order valence-corrected chi connectivity index (χ3v) is 5.82. The van der Waals surface area contributed by atoms with Gasteiger partial charge < -0.3 is 0 Å². The molecule has 1 aliphatic heterocycles. The third-order valence-electron chi connectivity index (χ3n) is 5.82. The van der Waals surface area contributed by atoms with E-state index in [1.807, 2.05) is 0 Å². The fourth-order valence-corrected chi connectivity index (χ4v) is 4.08. The van der Waals surface area contributed by atoms with E-state index in [0.717, 1.165) is 18.9 Å². The molecule has 116 valence electrons. The fourth-order valence-electron chi connectivity index (χ4n) is 4.08. The first-order valence-electron chi connectivity index (χ1n) is 8.49. The molecule has 0 aromatic rings. The third kappa shape index (κ3) is 2.81. The monoisotopic (exact) mass is 279 g/mol. The minimum atomic E-state index is -0.180. The van der Waals surface area contributed by atoms with Crippen LogP contribution in [0.4, 0.5) is 0 Å². The number of carbonyl (C=O) groups excluding carboxylic acids is 1. The molecule has 0 bridgehead atoms. The Kier molecular flexibility index (Phi) is 4.35. The molecule has 0 amide bonds. The topological polar surface area (TPSA) is 20.3 Å². The summed E-state index contributed by atoms with van der Waals surface area (Å²) in [7, 11) is 0. The van der Waals surface area contributed by atoms with Crippen LogP contribution in [0.2, 0.25) is 0 Å². The first-order valence-corrected chi connectivity index (χ1v) is 8.49. The molecule has 1 heterocycles. The van der Waals surface area contributed by atoms with Gasteiger partial charge in [-0.1, -0.05) is 33.6 Å². The number of rotatable bonds is 3. The second kappa shape index (κ2) is 5.44. The van der Waals surface area contributed by atoms with Crippen molar-refractivity contribution in [3.05, 3.63) is 0 Å². The lowest BCUT2D eigenvalue weighted by molar-refractivity contribution is -0.135. The van der Waals surface area contributed by atoms with Crippen LogP contribution >= 0.6 is 0 Å². The van der Waals surface area contributed by atoms with Crippen LogP contribution in [0.3, 0.4) is 0 Å². The van der Waals surface area contributed by atoms with Crippen molar-refractivity contribution in [2.75, 3.05) is 6.54 Å². The average Bonchev–Trinajstić information content (AvgIpc) is 2.77. The standard InChI is InChI=1S/C18H33NO/c1-7-18(5,6)16(20)15-14-11-9-8-10-13(14)12-19(15)17(2,3)4/h13-15H,7-12H2,1-6H3/t13-,14-,15+/m1/s1. The molecule has 0 N–H and O–H groups in total. The molecular weight excluding hydrogens is 246 g/mol. The molecule has 1 saturated carbocycles. The summed E-state index contributed by atoms with van der Waals surface area (Å²) < 4.78 is 0. The van der Waals surface area contributed by atoms with Gasteiger partial charge in [-0.3, -0.25) is 9.69 Å². The summed E-state index contributed by atoms with van der Waals surface area (Å²) >= 11 is 0. The van der Waals surface area contributed by atoms with Crippen LogP contribution in [0.15, 0.2) is 0 Å². The zero-order valence-electron chi connectivity index (χ0n) is 14.3. The van der Waals surface area contributed by atoms with Crippen molar-refractivity contribution in [2.24, 2.45) is 17.3 Å². The lowest BCUT2D eigenvalue weighted by Crippen LogP contribution is -2.52. The average molecular weight is 279 g/mol. The molecule has 0 radical (unpaired) electrons. The van der Waals surface area contributed by atoms with Gasteiger partial charge in [-0.2, -0.15) is 0 Å². The van der Waals surface area contributed by atoms with Gasteiger partial charge in [-0.15, -0.1) is 0 Å². The highest BCUT2D eigenvalue weighted by atomic mass is 16.1. The van der Waals surface area contributed by atoms with Crippen molar-refractivity contribution < 1.29 is 4.79 Å². The van der Waals surface area contributed by atoms with Crippen molar-refractivity contribution >= 4 is 5.78 Å². The smallest absolute Gasteiger partial charge is 0.155 e. The molecule has 0 aromatic carbocycles. The van der Waals surface area contributed by atoms with Crippen LogP contribution in [-0.4, -0.2) is 28.8 Å². The Bertz CT molecular complexity index is 366. The minimum Gasteiger partial charge on any atom is -0.297 e. The molecule has 0 aromatic heterocycles. The maximum atomic E-state index is 13.2.